The Morgan fingerprint density at radius 2 is 1.87 bits per heavy atom. The molecule has 0 amide bonds. The van der Waals surface area contributed by atoms with E-state index in [0.29, 0.717) is 12.5 Å². The van der Waals surface area contributed by atoms with Gasteiger partial charge in [-0.1, -0.05) is 25.7 Å². The Labute approximate surface area is 90.9 Å². The predicted molar refractivity (Wildman–Crippen MR) is 59.3 cm³/mol. The molecule has 84 valence electrons. The molecular weight excluding hydrogens is 188 g/mol. The molecule has 0 aromatic carbocycles. The van der Waals surface area contributed by atoms with E-state index in [1.165, 1.54) is 38.5 Å². The van der Waals surface area contributed by atoms with Crippen LogP contribution in [0, 0.1) is 0 Å². The monoisotopic (exact) mass is 208 g/mol. The van der Waals surface area contributed by atoms with Crippen molar-refractivity contribution in [3.8, 4) is 0 Å². The van der Waals surface area contributed by atoms with Gasteiger partial charge in [0.2, 0.25) is 0 Å². The van der Waals surface area contributed by atoms with Crippen molar-refractivity contribution in [3.05, 3.63) is 11.6 Å². The van der Waals surface area contributed by atoms with Gasteiger partial charge in [-0.05, 0) is 12.8 Å². The maximum atomic E-state index is 5.60. The van der Waals surface area contributed by atoms with Gasteiger partial charge in [0.05, 0.1) is 6.54 Å². The maximum absolute atomic E-state index is 5.60. The van der Waals surface area contributed by atoms with Gasteiger partial charge in [0.15, 0.2) is 0 Å². The van der Waals surface area contributed by atoms with E-state index in [1.54, 1.807) is 0 Å². The average Bonchev–Trinajstić information content (AvgIpc) is 2.49. The molecule has 15 heavy (non-hydrogen) atoms. The highest BCUT2D eigenvalue weighted by atomic mass is 15.3. The molecule has 0 bridgehead atoms. The lowest BCUT2D eigenvalue weighted by Gasteiger charge is -2.12. The van der Waals surface area contributed by atoms with Crippen molar-refractivity contribution >= 4 is 0 Å². The third kappa shape index (κ3) is 2.20. The van der Waals surface area contributed by atoms with E-state index >= 15 is 0 Å². The number of aromatic nitrogens is 3. The minimum absolute atomic E-state index is 0.482. The quantitative estimate of drug-likeness (QED) is 0.753. The summed E-state index contributed by atoms with van der Waals surface area (Å²) in [6.07, 6.45) is 7.92. The molecule has 1 aromatic rings. The van der Waals surface area contributed by atoms with Crippen molar-refractivity contribution in [1.82, 2.24) is 14.8 Å². The molecule has 4 nitrogen and oxygen atoms in total. The molecule has 2 rings (SSSR count). The van der Waals surface area contributed by atoms with Crippen LogP contribution in [-0.2, 0) is 13.6 Å². The Balaban J connectivity index is 2.16. The molecule has 1 aromatic heterocycles. The van der Waals surface area contributed by atoms with Gasteiger partial charge in [-0.25, -0.2) is 0 Å². The second-order valence-corrected chi connectivity index (χ2v) is 4.43. The standard InChI is InChI=1S/C11H20N4/c1-15-10(8-12)13-14-11(15)9-6-4-2-3-5-7-9/h9H,2-8,12H2,1H3. The van der Waals surface area contributed by atoms with Gasteiger partial charge in [0.1, 0.15) is 11.6 Å². The van der Waals surface area contributed by atoms with Crippen LogP contribution in [0.15, 0.2) is 0 Å². The second-order valence-electron chi connectivity index (χ2n) is 4.43. The summed E-state index contributed by atoms with van der Waals surface area (Å²) in [6, 6.07) is 0. The van der Waals surface area contributed by atoms with Crippen LogP contribution < -0.4 is 5.73 Å². The molecule has 4 heteroatoms. The summed E-state index contributed by atoms with van der Waals surface area (Å²) in [5, 5.41) is 8.41. The molecule has 1 saturated carbocycles. The van der Waals surface area contributed by atoms with Gasteiger partial charge in [0.25, 0.3) is 0 Å². The predicted octanol–water partition coefficient (Wildman–Crippen LogP) is 1.71. The molecule has 1 aliphatic rings. The Hall–Kier alpha value is -0.900. The summed E-state index contributed by atoms with van der Waals surface area (Å²) >= 11 is 0. The fraction of sp³-hybridized carbons (Fsp3) is 0.818. The van der Waals surface area contributed by atoms with Gasteiger partial charge in [-0.2, -0.15) is 0 Å². The van der Waals surface area contributed by atoms with E-state index in [4.69, 9.17) is 5.73 Å². The normalized spacial score (nSPS) is 19.1. The zero-order valence-electron chi connectivity index (χ0n) is 9.45. The maximum Gasteiger partial charge on any atom is 0.146 e. The molecule has 0 saturated heterocycles. The highest BCUT2D eigenvalue weighted by Crippen LogP contribution is 2.30. The molecule has 1 heterocycles. The third-order valence-corrected chi connectivity index (χ3v) is 3.40. The zero-order valence-corrected chi connectivity index (χ0v) is 9.45. The summed E-state index contributed by atoms with van der Waals surface area (Å²) < 4.78 is 2.08. The first-order valence-corrected chi connectivity index (χ1v) is 5.91. The molecule has 0 atom stereocenters. The SMILES string of the molecule is Cn1c(CN)nnc1C1CCCCCC1. The van der Waals surface area contributed by atoms with Crippen LogP contribution in [0.5, 0.6) is 0 Å². The number of hydrogen-bond acceptors (Lipinski definition) is 3. The molecule has 0 unspecified atom stereocenters. The van der Waals surface area contributed by atoms with Crippen LogP contribution in [0.1, 0.15) is 56.1 Å². The largest absolute Gasteiger partial charge is 0.324 e. The molecular formula is C11H20N4. The number of rotatable bonds is 2. The zero-order chi connectivity index (χ0) is 10.7. The molecule has 1 fully saturated rings. The molecule has 1 aliphatic carbocycles. The molecule has 0 aliphatic heterocycles. The van der Waals surface area contributed by atoms with Crippen molar-refractivity contribution in [3.63, 3.8) is 0 Å². The number of nitrogens with two attached hydrogens (primary N) is 1. The van der Waals surface area contributed by atoms with Crippen molar-refractivity contribution in [2.24, 2.45) is 12.8 Å². The molecule has 2 N–H and O–H groups in total. The van der Waals surface area contributed by atoms with Crippen LogP contribution in [0.2, 0.25) is 0 Å². The smallest absolute Gasteiger partial charge is 0.146 e. The first kappa shape index (κ1) is 10.6. The van der Waals surface area contributed by atoms with Crippen molar-refractivity contribution in [2.75, 3.05) is 0 Å². The molecule has 0 spiro atoms. The fourth-order valence-corrected chi connectivity index (χ4v) is 2.45. The summed E-state index contributed by atoms with van der Waals surface area (Å²) in [6.45, 7) is 0.482. The first-order valence-electron chi connectivity index (χ1n) is 5.91. The van der Waals surface area contributed by atoms with E-state index in [-0.39, 0.29) is 0 Å². The summed E-state index contributed by atoms with van der Waals surface area (Å²) in [7, 11) is 2.03. The van der Waals surface area contributed by atoms with Crippen LogP contribution in [0.4, 0.5) is 0 Å². The second kappa shape index (κ2) is 4.75. The summed E-state index contributed by atoms with van der Waals surface area (Å²) in [4.78, 5) is 0. The lowest BCUT2D eigenvalue weighted by atomic mass is 9.99. The highest BCUT2D eigenvalue weighted by molar-refractivity contribution is 5.01. The van der Waals surface area contributed by atoms with Gasteiger partial charge in [0, 0.05) is 13.0 Å². The van der Waals surface area contributed by atoms with Crippen molar-refractivity contribution in [2.45, 2.75) is 51.0 Å². The first-order chi connectivity index (χ1) is 7.33. The fourth-order valence-electron chi connectivity index (χ4n) is 2.45. The van der Waals surface area contributed by atoms with Gasteiger partial charge in [-0.3, -0.25) is 0 Å². The van der Waals surface area contributed by atoms with Crippen LogP contribution >= 0.6 is 0 Å². The minimum atomic E-state index is 0.482. The number of nitrogens with zero attached hydrogens (tertiary/aromatic N) is 3. The lowest BCUT2D eigenvalue weighted by Crippen LogP contribution is -2.10. The Kier molecular flexibility index (Phi) is 3.36. The average molecular weight is 208 g/mol. The highest BCUT2D eigenvalue weighted by Gasteiger charge is 2.20. The van der Waals surface area contributed by atoms with Crippen molar-refractivity contribution in [1.29, 1.82) is 0 Å². The topological polar surface area (TPSA) is 56.7 Å². The van der Waals surface area contributed by atoms with E-state index in [0.717, 1.165) is 11.6 Å². The Morgan fingerprint density at radius 3 is 2.40 bits per heavy atom. The van der Waals surface area contributed by atoms with Crippen LogP contribution in [-0.4, -0.2) is 14.8 Å². The summed E-state index contributed by atoms with van der Waals surface area (Å²) in [5.41, 5.74) is 5.60. The van der Waals surface area contributed by atoms with Crippen LogP contribution in [0.25, 0.3) is 0 Å². The summed E-state index contributed by atoms with van der Waals surface area (Å²) in [5.74, 6) is 2.64. The number of hydrogen-bond donors (Lipinski definition) is 1. The minimum Gasteiger partial charge on any atom is -0.324 e. The Bertz CT molecular complexity index is 310. The van der Waals surface area contributed by atoms with Gasteiger partial charge < -0.3 is 10.3 Å². The van der Waals surface area contributed by atoms with Gasteiger partial charge >= 0.3 is 0 Å². The van der Waals surface area contributed by atoms with Crippen LogP contribution in [0.3, 0.4) is 0 Å². The Morgan fingerprint density at radius 1 is 1.20 bits per heavy atom. The van der Waals surface area contributed by atoms with Gasteiger partial charge in [-0.15, -0.1) is 10.2 Å². The van der Waals surface area contributed by atoms with Crippen molar-refractivity contribution < 1.29 is 0 Å². The van der Waals surface area contributed by atoms with E-state index in [1.807, 2.05) is 7.05 Å². The van der Waals surface area contributed by atoms with E-state index in [9.17, 15) is 0 Å². The molecule has 0 radical (unpaired) electrons. The third-order valence-electron chi connectivity index (χ3n) is 3.40. The van der Waals surface area contributed by atoms with E-state index < -0.39 is 0 Å². The van der Waals surface area contributed by atoms with E-state index in [2.05, 4.69) is 14.8 Å². The lowest BCUT2D eigenvalue weighted by molar-refractivity contribution is 0.537.